The highest BCUT2D eigenvalue weighted by atomic mass is 79.9. The van der Waals surface area contributed by atoms with Crippen LogP contribution in [0.25, 0.3) is 5.69 Å². The van der Waals surface area contributed by atoms with Crippen LogP contribution in [0.5, 0.6) is 5.75 Å². The molecule has 2 heterocycles. The monoisotopic (exact) mass is 461 g/mol. The summed E-state index contributed by atoms with van der Waals surface area (Å²) in [5, 5.41) is 0. The highest BCUT2D eigenvalue weighted by molar-refractivity contribution is 9.10. The molecule has 2 aromatic carbocycles. The molecule has 0 aliphatic carbocycles. The van der Waals surface area contributed by atoms with Crippen LogP contribution in [0.2, 0.25) is 0 Å². The van der Waals surface area contributed by atoms with E-state index in [4.69, 9.17) is 9.47 Å². The predicted molar refractivity (Wildman–Crippen MR) is 104 cm³/mol. The predicted octanol–water partition coefficient (Wildman–Crippen LogP) is 4.44. The molecular weight excluding hydrogens is 448 g/mol. The summed E-state index contributed by atoms with van der Waals surface area (Å²) in [5.74, 6) is -1.60. The summed E-state index contributed by atoms with van der Waals surface area (Å²) >= 11 is 3.24. The number of carbonyl (C=O) groups excluding carboxylic acids is 1. The zero-order chi connectivity index (χ0) is 20.7. The minimum absolute atomic E-state index is 0.147. The lowest BCUT2D eigenvalue weighted by Crippen LogP contribution is -2.22. The molecule has 148 valence electrons. The van der Waals surface area contributed by atoms with Crippen molar-refractivity contribution in [3.8, 4) is 11.4 Å². The van der Waals surface area contributed by atoms with Gasteiger partial charge in [0.2, 0.25) is 0 Å². The molecule has 0 amide bonds. The van der Waals surface area contributed by atoms with E-state index < -0.39 is 23.2 Å². The summed E-state index contributed by atoms with van der Waals surface area (Å²) in [5.41, 5.74) is 2.03. The zero-order valence-corrected chi connectivity index (χ0v) is 16.8. The van der Waals surface area contributed by atoms with E-state index in [1.165, 1.54) is 10.6 Å². The molecule has 0 spiro atoms. The summed E-state index contributed by atoms with van der Waals surface area (Å²) in [6.07, 6.45) is 0. The smallest absolute Gasteiger partial charge is 0.338 e. The maximum absolute atomic E-state index is 13.8. The second-order valence-corrected chi connectivity index (χ2v) is 7.34. The fourth-order valence-corrected chi connectivity index (χ4v) is 3.55. The Morgan fingerprint density at radius 2 is 1.93 bits per heavy atom. The Morgan fingerprint density at radius 1 is 1.14 bits per heavy atom. The first-order valence-corrected chi connectivity index (χ1v) is 9.44. The number of aromatic nitrogens is 1. The van der Waals surface area contributed by atoms with E-state index in [-0.39, 0.29) is 29.0 Å². The van der Waals surface area contributed by atoms with Crippen LogP contribution >= 0.6 is 15.9 Å². The number of halogens is 3. The van der Waals surface area contributed by atoms with Crippen molar-refractivity contribution in [3.63, 3.8) is 0 Å². The molecule has 5 nitrogen and oxygen atoms in total. The third-order valence-electron chi connectivity index (χ3n) is 4.63. The number of aryl methyl sites for hydroxylation is 1. The number of cyclic esters (lactones) is 1. The van der Waals surface area contributed by atoms with Crippen molar-refractivity contribution in [2.45, 2.75) is 20.1 Å². The first kappa shape index (κ1) is 19.3. The molecule has 0 bridgehead atoms. The molecule has 0 atom stereocenters. The average Bonchev–Trinajstić information content (AvgIpc) is 3.05. The van der Waals surface area contributed by atoms with E-state index >= 15 is 0 Å². The van der Waals surface area contributed by atoms with E-state index in [1.54, 1.807) is 31.2 Å². The number of pyridine rings is 1. The number of carbonyl (C=O) groups is 1. The molecule has 0 fully saturated rings. The van der Waals surface area contributed by atoms with Gasteiger partial charge in [0, 0.05) is 34.6 Å². The third kappa shape index (κ3) is 3.55. The Hall–Kier alpha value is -3.00. The molecular formula is C21H14BrF2NO4. The lowest BCUT2D eigenvalue weighted by molar-refractivity contribution is 0.0535. The van der Waals surface area contributed by atoms with Crippen LogP contribution in [-0.2, 0) is 18.0 Å². The van der Waals surface area contributed by atoms with Crippen molar-refractivity contribution in [3.05, 3.63) is 91.3 Å². The molecule has 1 aromatic heterocycles. The number of hydrogen-bond donors (Lipinski definition) is 0. The van der Waals surface area contributed by atoms with Gasteiger partial charge in [0.25, 0.3) is 5.56 Å². The number of rotatable bonds is 4. The number of nitrogens with zero attached hydrogens (tertiary/aromatic N) is 1. The molecule has 0 saturated carbocycles. The van der Waals surface area contributed by atoms with Crippen LogP contribution in [0, 0.1) is 18.6 Å². The van der Waals surface area contributed by atoms with E-state index in [9.17, 15) is 18.4 Å². The van der Waals surface area contributed by atoms with Gasteiger partial charge >= 0.3 is 5.97 Å². The lowest BCUT2D eigenvalue weighted by Gasteiger charge is -2.15. The Balaban J connectivity index is 1.67. The van der Waals surface area contributed by atoms with Crippen molar-refractivity contribution >= 4 is 21.9 Å². The fourth-order valence-electron chi connectivity index (χ4n) is 3.14. The molecule has 1 aliphatic rings. The van der Waals surface area contributed by atoms with Gasteiger partial charge in [-0.2, -0.15) is 0 Å². The number of hydrogen-bond acceptors (Lipinski definition) is 4. The normalized spacial score (nSPS) is 12.6. The zero-order valence-electron chi connectivity index (χ0n) is 15.2. The Kier molecular flexibility index (Phi) is 4.96. The van der Waals surface area contributed by atoms with Crippen molar-refractivity contribution < 1.29 is 23.0 Å². The van der Waals surface area contributed by atoms with Crippen molar-refractivity contribution in [2.75, 3.05) is 0 Å². The lowest BCUT2D eigenvalue weighted by atomic mass is 10.1. The molecule has 0 N–H and O–H groups in total. The first-order valence-electron chi connectivity index (χ1n) is 8.64. The largest absolute Gasteiger partial charge is 0.487 e. The van der Waals surface area contributed by atoms with Crippen LogP contribution in [0.3, 0.4) is 0 Å². The molecule has 8 heteroatoms. The molecule has 0 radical (unpaired) electrons. The fraction of sp³-hybridized carbons (Fsp3) is 0.143. The van der Waals surface area contributed by atoms with E-state index in [2.05, 4.69) is 15.9 Å². The van der Waals surface area contributed by atoms with Gasteiger partial charge in [0.1, 0.15) is 35.1 Å². The summed E-state index contributed by atoms with van der Waals surface area (Å²) < 4.78 is 39.0. The van der Waals surface area contributed by atoms with Crippen LogP contribution in [0.4, 0.5) is 8.78 Å². The number of ether oxygens (including phenoxy) is 2. The van der Waals surface area contributed by atoms with Gasteiger partial charge in [-0.3, -0.25) is 9.36 Å². The van der Waals surface area contributed by atoms with Gasteiger partial charge in [-0.05, 0) is 47.1 Å². The topological polar surface area (TPSA) is 57.5 Å². The quantitative estimate of drug-likeness (QED) is 0.539. The second-order valence-electron chi connectivity index (χ2n) is 6.55. The van der Waals surface area contributed by atoms with Crippen molar-refractivity contribution in [1.29, 1.82) is 0 Å². The average molecular weight is 462 g/mol. The number of benzene rings is 2. The van der Waals surface area contributed by atoms with Crippen molar-refractivity contribution in [1.82, 2.24) is 4.57 Å². The van der Waals surface area contributed by atoms with Gasteiger partial charge in [-0.25, -0.2) is 13.6 Å². The van der Waals surface area contributed by atoms with E-state index in [1.807, 2.05) is 0 Å². The van der Waals surface area contributed by atoms with Gasteiger partial charge in [-0.1, -0.05) is 6.07 Å². The van der Waals surface area contributed by atoms with Gasteiger partial charge in [0.05, 0.1) is 5.56 Å². The molecule has 1 aliphatic heterocycles. The van der Waals surface area contributed by atoms with Crippen LogP contribution < -0.4 is 10.3 Å². The summed E-state index contributed by atoms with van der Waals surface area (Å²) in [4.78, 5) is 24.7. The highest BCUT2D eigenvalue weighted by Gasteiger charge is 2.22. The molecule has 0 unspecified atom stereocenters. The number of esters is 1. The number of fused-ring (bicyclic) bond motifs is 1. The molecule has 3 aromatic rings. The van der Waals surface area contributed by atoms with Crippen LogP contribution in [0.1, 0.15) is 27.2 Å². The van der Waals surface area contributed by atoms with E-state index in [0.29, 0.717) is 16.9 Å². The summed E-state index contributed by atoms with van der Waals surface area (Å²) in [6, 6.07) is 9.91. The standard InChI is InChI=1S/C21H14BrF2NO4/c1-11-6-18(28-10-13-2-4-14(23)7-17(13)24)19(22)20(26)25(11)15-5-3-12-9-29-21(27)16(12)8-15/h2-8H,9-10H2,1H3. The van der Waals surface area contributed by atoms with Gasteiger partial charge in [0.15, 0.2) is 0 Å². The minimum atomic E-state index is -0.726. The summed E-state index contributed by atoms with van der Waals surface area (Å²) in [6.45, 7) is 1.77. The maximum Gasteiger partial charge on any atom is 0.338 e. The van der Waals surface area contributed by atoms with Crippen LogP contribution in [0.15, 0.2) is 51.7 Å². The SMILES string of the molecule is Cc1cc(OCc2ccc(F)cc2F)c(Br)c(=O)n1-c1ccc2c(c1)C(=O)OC2. The Morgan fingerprint density at radius 3 is 2.69 bits per heavy atom. The first-order chi connectivity index (χ1) is 13.8. The van der Waals surface area contributed by atoms with Crippen molar-refractivity contribution in [2.24, 2.45) is 0 Å². The molecule has 0 saturated heterocycles. The Bertz CT molecular complexity index is 1210. The maximum atomic E-state index is 13.8. The van der Waals surface area contributed by atoms with Gasteiger partial charge in [-0.15, -0.1) is 0 Å². The molecule has 29 heavy (non-hydrogen) atoms. The summed E-state index contributed by atoms with van der Waals surface area (Å²) in [7, 11) is 0. The Labute approximate surface area is 172 Å². The third-order valence-corrected chi connectivity index (χ3v) is 5.36. The second kappa shape index (κ2) is 7.44. The highest BCUT2D eigenvalue weighted by Crippen LogP contribution is 2.27. The van der Waals surface area contributed by atoms with Crippen LogP contribution in [-0.4, -0.2) is 10.5 Å². The van der Waals surface area contributed by atoms with Gasteiger partial charge < -0.3 is 9.47 Å². The van der Waals surface area contributed by atoms with E-state index in [0.717, 1.165) is 17.7 Å². The molecule has 4 rings (SSSR count). The minimum Gasteiger partial charge on any atom is -0.487 e.